The fourth-order valence-corrected chi connectivity index (χ4v) is 4.76. The third-order valence-corrected chi connectivity index (χ3v) is 7.03. The summed E-state index contributed by atoms with van der Waals surface area (Å²) in [6.07, 6.45) is -3.41. The number of alkyl halides is 3. The van der Waals surface area contributed by atoms with Crippen molar-refractivity contribution >= 4 is 35.0 Å². The molecule has 9 nitrogen and oxygen atoms in total. The fourth-order valence-electron chi connectivity index (χ4n) is 4.64. The van der Waals surface area contributed by atoms with E-state index in [0.717, 1.165) is 48.9 Å². The van der Waals surface area contributed by atoms with Crippen LogP contribution in [0.4, 0.5) is 29.3 Å². The van der Waals surface area contributed by atoms with Gasteiger partial charge in [0.25, 0.3) is 0 Å². The van der Waals surface area contributed by atoms with Crippen LogP contribution >= 0.6 is 11.6 Å². The van der Waals surface area contributed by atoms with Gasteiger partial charge < -0.3 is 30.6 Å². The number of hydrogen-bond donors (Lipinski definition) is 4. The summed E-state index contributed by atoms with van der Waals surface area (Å²) in [6.45, 7) is 4.26. The molecule has 2 aliphatic rings. The van der Waals surface area contributed by atoms with Gasteiger partial charge in [0.15, 0.2) is 0 Å². The van der Waals surface area contributed by atoms with Crippen molar-refractivity contribution in [2.24, 2.45) is 0 Å². The second-order valence-electron chi connectivity index (χ2n) is 10.1. The van der Waals surface area contributed by atoms with Gasteiger partial charge in [0.05, 0.1) is 23.5 Å². The molecule has 2 aromatic rings. The number of anilines is 2. The van der Waals surface area contributed by atoms with E-state index in [1.165, 1.54) is 10.5 Å². The van der Waals surface area contributed by atoms with Crippen molar-refractivity contribution in [1.29, 1.82) is 0 Å². The van der Waals surface area contributed by atoms with Crippen molar-refractivity contribution in [3.8, 4) is 0 Å². The van der Waals surface area contributed by atoms with E-state index in [2.05, 4.69) is 32.6 Å². The number of nitrogens with zero attached hydrogens (tertiary/aromatic N) is 3. The van der Waals surface area contributed by atoms with Crippen LogP contribution < -0.4 is 15.5 Å². The number of carbonyl (C=O) groups is 2. The number of amides is 2. The lowest BCUT2D eigenvalue weighted by atomic mass is 10.0. The summed E-state index contributed by atoms with van der Waals surface area (Å²) in [5.74, 6) is -2.76. The van der Waals surface area contributed by atoms with E-state index in [4.69, 9.17) is 21.5 Å². The third kappa shape index (κ3) is 9.26. The largest absolute Gasteiger partial charge is 0.490 e. The molecule has 2 aliphatic heterocycles. The predicted octanol–water partition coefficient (Wildman–Crippen LogP) is 3.87. The first kappa shape index (κ1) is 31.5. The third-order valence-electron chi connectivity index (χ3n) is 6.78. The SMILES string of the molecule is CN(C)C(=O)Nc1ccccc1N1CC(NC2CCN(Cc3ccc(Cl)cc3)CC2)[C@H](O)C1.O=C(O)C(F)(F)F. The number of likely N-dealkylation sites (tertiary alicyclic amines) is 1. The fraction of sp³-hybridized carbons (Fsp3) is 0.481. The van der Waals surface area contributed by atoms with E-state index < -0.39 is 18.2 Å². The van der Waals surface area contributed by atoms with Gasteiger partial charge in [-0.1, -0.05) is 35.9 Å². The molecule has 2 heterocycles. The Balaban J connectivity index is 0.000000559. The molecule has 13 heteroatoms. The lowest BCUT2D eigenvalue weighted by Gasteiger charge is -2.34. The average molecular weight is 586 g/mol. The number of piperidine rings is 1. The van der Waals surface area contributed by atoms with Crippen LogP contribution in [0, 0.1) is 0 Å². The standard InChI is InChI=1S/C25H34ClN5O2.C2HF3O2/c1-29(2)25(33)28-21-5-3-4-6-23(21)31-16-22(24(32)17-31)27-20-11-13-30(14-12-20)15-18-7-9-19(26)10-8-18;3-2(4,5)1(6)7/h3-10,20,22,24,27,32H,11-17H2,1-2H3,(H,28,33);(H,6,7)/t22?,24-;/m1./s1. The van der Waals surface area contributed by atoms with Crippen LogP contribution in [-0.4, -0.2) is 96.7 Å². The minimum Gasteiger partial charge on any atom is -0.475 e. The number of β-amino-alcohol motifs (C(OH)–C–C–N with tert-alkyl or cyclic N) is 1. The smallest absolute Gasteiger partial charge is 0.475 e. The number of carbonyl (C=O) groups excluding carboxylic acids is 1. The van der Waals surface area contributed by atoms with E-state index in [0.29, 0.717) is 19.1 Å². The van der Waals surface area contributed by atoms with Gasteiger partial charge in [-0.05, 0) is 55.8 Å². The Morgan fingerprint density at radius 2 is 1.65 bits per heavy atom. The van der Waals surface area contributed by atoms with Crippen molar-refractivity contribution in [3.05, 3.63) is 59.1 Å². The van der Waals surface area contributed by atoms with Crippen LogP contribution in [0.2, 0.25) is 5.02 Å². The first-order valence-electron chi connectivity index (χ1n) is 12.9. The highest BCUT2D eigenvalue weighted by Crippen LogP contribution is 2.29. The predicted molar refractivity (Wildman–Crippen MR) is 148 cm³/mol. The minimum absolute atomic E-state index is 0.00965. The number of rotatable bonds is 6. The number of para-hydroxylation sites is 2. The Morgan fingerprint density at radius 1 is 1.05 bits per heavy atom. The summed E-state index contributed by atoms with van der Waals surface area (Å²) in [5.41, 5.74) is 2.99. The molecular weight excluding hydrogens is 551 g/mol. The van der Waals surface area contributed by atoms with Crippen LogP contribution in [0.3, 0.4) is 0 Å². The van der Waals surface area contributed by atoms with Gasteiger partial charge in [-0.2, -0.15) is 13.2 Å². The number of aliphatic carboxylic acids is 1. The molecule has 0 spiro atoms. The number of urea groups is 1. The molecule has 2 aromatic carbocycles. The number of nitrogens with one attached hydrogen (secondary N) is 2. The van der Waals surface area contributed by atoms with Gasteiger partial charge in [0.1, 0.15) is 0 Å². The molecule has 2 fully saturated rings. The second kappa shape index (κ2) is 14.0. The molecule has 4 rings (SSSR count). The molecule has 0 bridgehead atoms. The monoisotopic (exact) mass is 585 g/mol. The second-order valence-corrected chi connectivity index (χ2v) is 10.5. The molecule has 0 saturated carbocycles. The average Bonchev–Trinajstić information content (AvgIpc) is 3.26. The van der Waals surface area contributed by atoms with Crippen LogP contribution in [0.5, 0.6) is 0 Å². The molecule has 2 amide bonds. The number of halogens is 4. The molecule has 0 radical (unpaired) electrons. The lowest BCUT2D eigenvalue weighted by molar-refractivity contribution is -0.192. The van der Waals surface area contributed by atoms with Gasteiger partial charge in [0, 0.05) is 44.8 Å². The number of hydrogen-bond acceptors (Lipinski definition) is 6. The van der Waals surface area contributed by atoms with E-state index in [1.54, 1.807) is 14.1 Å². The normalized spacial score (nSPS) is 20.0. The van der Waals surface area contributed by atoms with E-state index in [9.17, 15) is 23.1 Å². The number of benzene rings is 2. The summed E-state index contributed by atoms with van der Waals surface area (Å²) >= 11 is 5.99. The number of aliphatic hydroxyl groups excluding tert-OH is 1. The van der Waals surface area contributed by atoms with E-state index in [-0.39, 0.29) is 12.1 Å². The van der Waals surface area contributed by atoms with Crippen molar-refractivity contribution in [2.75, 3.05) is 50.5 Å². The quantitative estimate of drug-likeness (QED) is 0.408. The molecule has 40 heavy (non-hydrogen) atoms. The summed E-state index contributed by atoms with van der Waals surface area (Å²) in [6, 6.07) is 16.1. The van der Waals surface area contributed by atoms with Gasteiger partial charge in [-0.3, -0.25) is 4.90 Å². The Kier molecular flexibility index (Phi) is 11.0. The highest BCUT2D eigenvalue weighted by Gasteiger charge is 2.38. The van der Waals surface area contributed by atoms with Crippen LogP contribution in [0.15, 0.2) is 48.5 Å². The molecule has 4 N–H and O–H groups in total. The zero-order valence-corrected chi connectivity index (χ0v) is 23.1. The van der Waals surface area contributed by atoms with Crippen molar-refractivity contribution < 1.29 is 33.0 Å². The Labute approximate surface area is 236 Å². The Morgan fingerprint density at radius 3 is 2.23 bits per heavy atom. The molecule has 220 valence electrons. The van der Waals surface area contributed by atoms with Crippen LogP contribution in [0.25, 0.3) is 0 Å². The van der Waals surface area contributed by atoms with Gasteiger partial charge in [-0.15, -0.1) is 0 Å². The molecular formula is C27H35ClF3N5O4. The van der Waals surface area contributed by atoms with Gasteiger partial charge in [-0.25, -0.2) is 9.59 Å². The summed E-state index contributed by atoms with van der Waals surface area (Å²) in [4.78, 5) is 27.2. The summed E-state index contributed by atoms with van der Waals surface area (Å²) < 4.78 is 31.7. The van der Waals surface area contributed by atoms with Gasteiger partial charge in [0.2, 0.25) is 0 Å². The van der Waals surface area contributed by atoms with Crippen LogP contribution in [-0.2, 0) is 11.3 Å². The number of carboxylic acids is 1. The van der Waals surface area contributed by atoms with E-state index in [1.807, 2.05) is 36.4 Å². The van der Waals surface area contributed by atoms with Crippen molar-refractivity contribution in [3.63, 3.8) is 0 Å². The zero-order chi connectivity index (χ0) is 29.4. The maximum absolute atomic E-state index is 12.2. The zero-order valence-electron chi connectivity index (χ0n) is 22.4. The molecule has 2 atom stereocenters. The number of aliphatic hydroxyl groups is 1. The molecule has 0 aromatic heterocycles. The minimum atomic E-state index is -5.08. The maximum atomic E-state index is 12.2. The maximum Gasteiger partial charge on any atom is 0.490 e. The van der Waals surface area contributed by atoms with Crippen LogP contribution in [0.1, 0.15) is 18.4 Å². The molecule has 2 saturated heterocycles. The summed E-state index contributed by atoms with van der Waals surface area (Å²) in [7, 11) is 3.44. The van der Waals surface area contributed by atoms with Crippen molar-refractivity contribution in [1.82, 2.24) is 15.1 Å². The number of carboxylic acid groups (broad SMARTS) is 1. The Bertz CT molecular complexity index is 1130. The lowest BCUT2D eigenvalue weighted by Crippen LogP contribution is -2.49. The first-order chi connectivity index (χ1) is 18.8. The molecule has 0 aliphatic carbocycles. The molecule has 1 unspecified atom stereocenters. The van der Waals surface area contributed by atoms with Crippen molar-refractivity contribution in [2.45, 2.75) is 43.8 Å². The Hall–Kier alpha value is -3.06. The van der Waals surface area contributed by atoms with Gasteiger partial charge >= 0.3 is 18.2 Å². The topological polar surface area (TPSA) is 108 Å². The summed E-state index contributed by atoms with van der Waals surface area (Å²) in [5, 5.41) is 25.3. The highest BCUT2D eigenvalue weighted by atomic mass is 35.5. The first-order valence-corrected chi connectivity index (χ1v) is 13.2. The van der Waals surface area contributed by atoms with E-state index >= 15 is 0 Å². The highest BCUT2D eigenvalue weighted by molar-refractivity contribution is 6.30.